The first kappa shape index (κ1) is 25.8. The number of fused-ring (bicyclic) bond motifs is 1. The zero-order valence-corrected chi connectivity index (χ0v) is 21.8. The molecule has 0 heterocycles. The van der Waals surface area contributed by atoms with E-state index in [0.717, 1.165) is 33.3 Å². The molecule has 0 saturated carbocycles. The van der Waals surface area contributed by atoms with E-state index in [0.29, 0.717) is 22.2 Å². The lowest BCUT2D eigenvalue weighted by Crippen LogP contribution is -2.26. The monoisotopic (exact) mass is 544 g/mol. The number of nitrogens with zero attached hydrogens (tertiary/aromatic N) is 1. The van der Waals surface area contributed by atoms with Crippen LogP contribution < -0.4 is 9.62 Å². The fourth-order valence-corrected chi connectivity index (χ4v) is 6.20. The molecular formula is C26H23Cl2N2O3PS. The van der Waals surface area contributed by atoms with Crippen LogP contribution in [0.4, 0.5) is 5.69 Å². The number of halogens is 2. The summed E-state index contributed by atoms with van der Waals surface area (Å²) in [4.78, 5) is 33.4. The molecule has 0 aliphatic carbocycles. The van der Waals surface area contributed by atoms with Crippen molar-refractivity contribution >= 4 is 65.9 Å². The van der Waals surface area contributed by atoms with Gasteiger partial charge in [-0.2, -0.15) is 0 Å². The summed E-state index contributed by atoms with van der Waals surface area (Å²) >= 11 is 13.6. The molecule has 0 spiro atoms. The molecular weight excluding hydrogens is 522 g/mol. The van der Waals surface area contributed by atoms with Gasteiger partial charge in [-0.25, -0.2) is 0 Å². The maximum atomic E-state index is 13.0. The van der Waals surface area contributed by atoms with Crippen LogP contribution in [-0.2, 0) is 6.42 Å². The number of carbonyl (C=O) groups is 1. The topological polar surface area (TPSA) is 72.8 Å². The Morgan fingerprint density at radius 3 is 2.29 bits per heavy atom. The highest BCUT2D eigenvalue weighted by molar-refractivity contribution is 8.01. The molecule has 180 valence electrons. The van der Waals surface area contributed by atoms with E-state index in [-0.39, 0.29) is 12.2 Å². The standard InChI is InChI=1S/C26H23Cl2N2O3PS/c27-19-14-20(28)16-21(15-19)35-30(17-34(32)33)25-11-5-8-22-23(25)9-4-10-24(22)26(31)29-13-12-18-6-2-1-3-7-18/h1-11,14-16,32-33H,12-13,17H2,(H,29,31). The lowest BCUT2D eigenvalue weighted by Gasteiger charge is -2.25. The lowest BCUT2D eigenvalue weighted by molar-refractivity contribution is 0.0956. The molecule has 9 heteroatoms. The first-order valence-corrected chi connectivity index (χ1v) is 13.8. The van der Waals surface area contributed by atoms with E-state index in [2.05, 4.69) is 5.32 Å². The van der Waals surface area contributed by atoms with Crippen molar-refractivity contribution in [3.8, 4) is 0 Å². The minimum absolute atomic E-state index is 0.00323. The zero-order chi connectivity index (χ0) is 24.8. The van der Waals surface area contributed by atoms with Gasteiger partial charge in [0.1, 0.15) is 0 Å². The van der Waals surface area contributed by atoms with Gasteiger partial charge in [-0.05, 0) is 59.7 Å². The normalized spacial score (nSPS) is 11.1. The SMILES string of the molecule is O=C(NCCc1ccccc1)c1cccc2c(N(CP(O)O)Sc3cc(Cl)cc(Cl)c3)cccc12. The number of amides is 1. The van der Waals surface area contributed by atoms with E-state index in [1.165, 1.54) is 11.9 Å². The maximum Gasteiger partial charge on any atom is 0.251 e. The second kappa shape index (κ2) is 12.1. The van der Waals surface area contributed by atoms with Crippen molar-refractivity contribution in [3.05, 3.63) is 106 Å². The summed E-state index contributed by atoms with van der Waals surface area (Å²) in [6.45, 7) is 0.524. The van der Waals surface area contributed by atoms with Crippen molar-refractivity contribution < 1.29 is 14.6 Å². The molecule has 1 amide bonds. The van der Waals surface area contributed by atoms with Crippen LogP contribution >= 0.6 is 43.5 Å². The summed E-state index contributed by atoms with van der Waals surface area (Å²) in [5.41, 5.74) is 2.47. The molecule has 0 aliphatic heterocycles. The van der Waals surface area contributed by atoms with E-state index in [9.17, 15) is 14.6 Å². The number of benzene rings is 4. The van der Waals surface area contributed by atoms with Crippen LogP contribution in [0.2, 0.25) is 10.0 Å². The van der Waals surface area contributed by atoms with Crippen LogP contribution in [0.1, 0.15) is 15.9 Å². The van der Waals surface area contributed by atoms with Gasteiger partial charge in [0, 0.05) is 32.4 Å². The lowest BCUT2D eigenvalue weighted by atomic mass is 10.0. The molecule has 0 saturated heterocycles. The molecule has 0 atom stereocenters. The third kappa shape index (κ3) is 6.89. The Morgan fingerprint density at radius 2 is 1.57 bits per heavy atom. The van der Waals surface area contributed by atoms with Gasteiger partial charge in [-0.1, -0.05) is 77.8 Å². The Hall–Kier alpha value is -2.31. The van der Waals surface area contributed by atoms with Crippen LogP contribution in [0.5, 0.6) is 0 Å². The third-order valence-corrected chi connectivity index (χ3v) is 7.42. The molecule has 4 rings (SSSR count). The van der Waals surface area contributed by atoms with Gasteiger partial charge >= 0.3 is 0 Å². The molecule has 4 aromatic carbocycles. The molecule has 0 unspecified atom stereocenters. The molecule has 4 aromatic rings. The minimum atomic E-state index is -2.22. The van der Waals surface area contributed by atoms with Gasteiger partial charge in [0.2, 0.25) is 0 Å². The number of anilines is 1. The third-order valence-electron chi connectivity index (χ3n) is 5.26. The first-order chi connectivity index (χ1) is 16.9. The van der Waals surface area contributed by atoms with Gasteiger partial charge in [0.25, 0.3) is 5.91 Å². The van der Waals surface area contributed by atoms with E-state index in [1.807, 2.05) is 60.7 Å². The molecule has 0 aliphatic rings. The average Bonchev–Trinajstić information content (AvgIpc) is 2.82. The molecule has 0 aromatic heterocycles. The van der Waals surface area contributed by atoms with Crippen LogP contribution in [0.25, 0.3) is 10.8 Å². The molecule has 5 nitrogen and oxygen atoms in total. The highest BCUT2D eigenvalue weighted by atomic mass is 35.5. The highest BCUT2D eigenvalue weighted by Crippen LogP contribution is 2.40. The Morgan fingerprint density at radius 1 is 0.886 bits per heavy atom. The average molecular weight is 545 g/mol. The largest absolute Gasteiger partial charge is 0.352 e. The van der Waals surface area contributed by atoms with Crippen molar-refractivity contribution in [2.24, 2.45) is 0 Å². The van der Waals surface area contributed by atoms with Crippen molar-refractivity contribution in [1.82, 2.24) is 5.32 Å². The van der Waals surface area contributed by atoms with Gasteiger partial charge in [0.15, 0.2) is 8.38 Å². The van der Waals surface area contributed by atoms with Crippen molar-refractivity contribution in [1.29, 1.82) is 0 Å². The Labute approximate surface area is 219 Å². The predicted molar refractivity (Wildman–Crippen MR) is 147 cm³/mol. The van der Waals surface area contributed by atoms with Crippen molar-refractivity contribution in [2.45, 2.75) is 11.3 Å². The van der Waals surface area contributed by atoms with E-state index >= 15 is 0 Å². The van der Waals surface area contributed by atoms with Gasteiger partial charge in [-0.15, -0.1) is 0 Å². The predicted octanol–water partition coefficient (Wildman–Crippen LogP) is 6.89. The van der Waals surface area contributed by atoms with Crippen molar-refractivity contribution in [2.75, 3.05) is 17.1 Å². The van der Waals surface area contributed by atoms with Crippen LogP contribution in [0, 0.1) is 0 Å². The maximum absolute atomic E-state index is 13.0. The molecule has 0 radical (unpaired) electrons. The molecule has 0 bridgehead atoms. The van der Waals surface area contributed by atoms with E-state index < -0.39 is 8.38 Å². The van der Waals surface area contributed by atoms with Gasteiger partial charge in [0.05, 0.1) is 12.0 Å². The van der Waals surface area contributed by atoms with E-state index in [4.69, 9.17) is 23.2 Å². The second-order valence-corrected chi connectivity index (χ2v) is 10.8. The molecule has 35 heavy (non-hydrogen) atoms. The highest BCUT2D eigenvalue weighted by Gasteiger charge is 2.18. The number of hydrogen-bond acceptors (Lipinski definition) is 5. The van der Waals surface area contributed by atoms with Crippen molar-refractivity contribution in [3.63, 3.8) is 0 Å². The molecule has 3 N–H and O–H groups in total. The summed E-state index contributed by atoms with van der Waals surface area (Å²) in [6, 6.07) is 26.3. The van der Waals surface area contributed by atoms with Gasteiger partial charge < -0.3 is 19.4 Å². The van der Waals surface area contributed by atoms with Crippen LogP contribution in [0.3, 0.4) is 0 Å². The fraction of sp³-hybridized carbons (Fsp3) is 0.115. The number of hydrogen-bond donors (Lipinski definition) is 3. The number of carbonyl (C=O) groups excluding carboxylic acids is 1. The zero-order valence-electron chi connectivity index (χ0n) is 18.6. The summed E-state index contributed by atoms with van der Waals surface area (Å²) in [7, 11) is -2.22. The Kier molecular flexibility index (Phi) is 8.90. The Balaban J connectivity index is 1.61. The fourth-order valence-electron chi connectivity index (χ4n) is 3.75. The summed E-state index contributed by atoms with van der Waals surface area (Å²) < 4.78 is 1.78. The molecule has 0 fully saturated rings. The van der Waals surface area contributed by atoms with E-state index in [1.54, 1.807) is 28.6 Å². The Bertz CT molecular complexity index is 1300. The quantitative estimate of drug-likeness (QED) is 0.158. The minimum Gasteiger partial charge on any atom is -0.352 e. The van der Waals surface area contributed by atoms with Crippen LogP contribution in [-0.4, -0.2) is 28.5 Å². The summed E-state index contributed by atoms with van der Waals surface area (Å²) in [6.07, 6.45) is 0.739. The van der Waals surface area contributed by atoms with Gasteiger partial charge in [-0.3, -0.25) is 4.79 Å². The smallest absolute Gasteiger partial charge is 0.251 e. The number of rotatable bonds is 9. The number of nitrogens with one attached hydrogen (secondary N) is 1. The first-order valence-electron chi connectivity index (χ1n) is 10.8. The summed E-state index contributed by atoms with van der Waals surface area (Å²) in [5, 5.41) is 5.58. The second-order valence-electron chi connectivity index (χ2n) is 7.76. The van der Waals surface area contributed by atoms with Crippen LogP contribution in [0.15, 0.2) is 89.8 Å². The summed E-state index contributed by atoms with van der Waals surface area (Å²) in [5.74, 6) is -0.156.